The van der Waals surface area contributed by atoms with Crippen LogP contribution in [0.4, 0.5) is 11.4 Å². The number of nitrogens with one attached hydrogen (secondary N) is 1. The van der Waals surface area contributed by atoms with Crippen molar-refractivity contribution in [2.24, 2.45) is 0 Å². The van der Waals surface area contributed by atoms with Crippen LogP contribution in [0.25, 0.3) is 0 Å². The Bertz CT molecular complexity index is 423. The number of benzene rings is 1. The van der Waals surface area contributed by atoms with E-state index >= 15 is 0 Å². The van der Waals surface area contributed by atoms with Gasteiger partial charge in [-0.1, -0.05) is 17.3 Å². The fourth-order valence-corrected chi connectivity index (χ4v) is 1.14. The molecular formula is C10H8N2O2. The minimum Gasteiger partial charge on any atom is -0.363 e. The van der Waals surface area contributed by atoms with Crippen molar-refractivity contribution in [3.05, 3.63) is 42.3 Å². The van der Waals surface area contributed by atoms with Crippen molar-refractivity contribution in [3.8, 4) is 0 Å². The van der Waals surface area contributed by atoms with Crippen LogP contribution < -0.4 is 5.32 Å². The van der Waals surface area contributed by atoms with Crippen molar-refractivity contribution in [2.45, 2.75) is 0 Å². The number of carbonyl (C=O) groups excluding carboxylic acids is 1. The molecule has 2 rings (SSSR count). The van der Waals surface area contributed by atoms with Gasteiger partial charge in [-0.15, -0.1) is 0 Å². The SMILES string of the molecule is O=Cc1ccccc1Nc1cnoc1. The second-order valence-electron chi connectivity index (χ2n) is 2.74. The number of hydrogen-bond donors (Lipinski definition) is 1. The lowest BCUT2D eigenvalue weighted by Crippen LogP contribution is -1.93. The fourth-order valence-electron chi connectivity index (χ4n) is 1.14. The topological polar surface area (TPSA) is 55.1 Å². The maximum absolute atomic E-state index is 10.7. The molecule has 0 amide bonds. The maximum Gasteiger partial charge on any atom is 0.152 e. The van der Waals surface area contributed by atoms with Gasteiger partial charge in [0.2, 0.25) is 0 Å². The molecule has 0 unspecified atom stereocenters. The van der Waals surface area contributed by atoms with Crippen LogP contribution in [0.15, 0.2) is 41.2 Å². The van der Waals surface area contributed by atoms with Crippen LogP contribution in [0.3, 0.4) is 0 Å². The summed E-state index contributed by atoms with van der Waals surface area (Å²) in [6.45, 7) is 0. The van der Waals surface area contributed by atoms with Crippen molar-refractivity contribution in [3.63, 3.8) is 0 Å². The Morgan fingerprint density at radius 1 is 1.36 bits per heavy atom. The lowest BCUT2D eigenvalue weighted by atomic mass is 10.2. The zero-order valence-electron chi connectivity index (χ0n) is 7.31. The number of carbonyl (C=O) groups is 1. The smallest absolute Gasteiger partial charge is 0.152 e. The van der Waals surface area contributed by atoms with Gasteiger partial charge in [-0.05, 0) is 12.1 Å². The van der Waals surface area contributed by atoms with Crippen molar-refractivity contribution in [2.75, 3.05) is 5.32 Å². The average molecular weight is 188 g/mol. The first-order valence-corrected chi connectivity index (χ1v) is 4.11. The number of aldehydes is 1. The first-order valence-electron chi connectivity index (χ1n) is 4.11. The van der Waals surface area contributed by atoms with Gasteiger partial charge in [0.25, 0.3) is 0 Å². The molecule has 14 heavy (non-hydrogen) atoms. The number of nitrogens with zero attached hydrogens (tertiary/aromatic N) is 1. The van der Waals surface area contributed by atoms with Crippen LogP contribution >= 0.6 is 0 Å². The summed E-state index contributed by atoms with van der Waals surface area (Å²) in [6.07, 6.45) is 3.82. The molecule has 0 atom stereocenters. The third-order valence-corrected chi connectivity index (χ3v) is 1.80. The van der Waals surface area contributed by atoms with Gasteiger partial charge in [0.15, 0.2) is 6.29 Å². The molecule has 0 spiro atoms. The van der Waals surface area contributed by atoms with E-state index in [4.69, 9.17) is 0 Å². The molecule has 70 valence electrons. The van der Waals surface area contributed by atoms with E-state index in [1.807, 2.05) is 18.2 Å². The summed E-state index contributed by atoms with van der Waals surface area (Å²) in [4.78, 5) is 10.7. The summed E-state index contributed by atoms with van der Waals surface area (Å²) >= 11 is 0. The summed E-state index contributed by atoms with van der Waals surface area (Å²) in [6, 6.07) is 7.21. The van der Waals surface area contributed by atoms with Crippen molar-refractivity contribution in [1.82, 2.24) is 5.16 Å². The Labute approximate surface area is 80.5 Å². The van der Waals surface area contributed by atoms with Crippen molar-refractivity contribution < 1.29 is 9.32 Å². The molecule has 4 heteroatoms. The number of hydrogen-bond acceptors (Lipinski definition) is 4. The third kappa shape index (κ3) is 1.64. The second kappa shape index (κ2) is 3.74. The van der Waals surface area contributed by atoms with Crippen molar-refractivity contribution >= 4 is 17.7 Å². The second-order valence-corrected chi connectivity index (χ2v) is 2.74. The van der Waals surface area contributed by atoms with E-state index in [0.29, 0.717) is 5.56 Å². The molecule has 1 aromatic heterocycles. The quantitative estimate of drug-likeness (QED) is 0.750. The van der Waals surface area contributed by atoms with Crippen LogP contribution in [-0.2, 0) is 0 Å². The van der Waals surface area contributed by atoms with Crippen LogP contribution in [-0.4, -0.2) is 11.4 Å². The highest BCUT2D eigenvalue weighted by atomic mass is 16.5. The van der Waals surface area contributed by atoms with E-state index in [1.54, 1.807) is 12.3 Å². The fraction of sp³-hybridized carbons (Fsp3) is 0. The van der Waals surface area contributed by atoms with Crippen molar-refractivity contribution in [1.29, 1.82) is 0 Å². The summed E-state index contributed by atoms with van der Waals surface area (Å²) in [5.41, 5.74) is 2.07. The molecule has 4 nitrogen and oxygen atoms in total. The molecule has 1 heterocycles. The molecule has 1 aromatic carbocycles. The Morgan fingerprint density at radius 3 is 2.93 bits per heavy atom. The van der Waals surface area contributed by atoms with Gasteiger partial charge in [-0.2, -0.15) is 0 Å². The number of para-hydroxylation sites is 1. The summed E-state index contributed by atoms with van der Waals surface area (Å²) in [7, 11) is 0. The average Bonchev–Trinajstić information content (AvgIpc) is 2.71. The van der Waals surface area contributed by atoms with Gasteiger partial charge in [-0.3, -0.25) is 4.79 Å². The molecule has 0 aliphatic carbocycles. The highest BCUT2D eigenvalue weighted by molar-refractivity contribution is 5.85. The molecule has 0 bridgehead atoms. The maximum atomic E-state index is 10.7. The molecule has 0 aliphatic rings. The number of anilines is 2. The molecular weight excluding hydrogens is 180 g/mol. The molecule has 2 aromatic rings. The van der Waals surface area contributed by atoms with E-state index in [0.717, 1.165) is 17.7 Å². The van der Waals surface area contributed by atoms with Crippen LogP contribution in [0.5, 0.6) is 0 Å². The summed E-state index contributed by atoms with van der Waals surface area (Å²) in [5, 5.41) is 6.56. The molecule has 0 aliphatic heterocycles. The van der Waals surface area contributed by atoms with Gasteiger partial charge in [0, 0.05) is 11.3 Å². The highest BCUT2D eigenvalue weighted by Gasteiger charge is 2.01. The van der Waals surface area contributed by atoms with Gasteiger partial charge >= 0.3 is 0 Å². The normalized spacial score (nSPS) is 9.71. The Morgan fingerprint density at radius 2 is 2.21 bits per heavy atom. The van der Waals surface area contributed by atoms with Gasteiger partial charge < -0.3 is 9.84 Å². The lowest BCUT2D eigenvalue weighted by molar-refractivity contribution is 0.112. The van der Waals surface area contributed by atoms with E-state index < -0.39 is 0 Å². The first kappa shape index (κ1) is 8.50. The molecule has 0 radical (unpaired) electrons. The van der Waals surface area contributed by atoms with E-state index in [2.05, 4.69) is 15.0 Å². The number of rotatable bonds is 3. The van der Waals surface area contributed by atoms with Gasteiger partial charge in [-0.25, -0.2) is 0 Å². The minimum atomic E-state index is 0.605. The Kier molecular flexibility index (Phi) is 2.27. The Hall–Kier alpha value is -2.10. The van der Waals surface area contributed by atoms with E-state index in [-0.39, 0.29) is 0 Å². The van der Waals surface area contributed by atoms with E-state index in [9.17, 15) is 4.79 Å². The zero-order chi connectivity index (χ0) is 9.80. The van der Waals surface area contributed by atoms with Gasteiger partial charge in [0.05, 0.1) is 11.9 Å². The molecule has 1 N–H and O–H groups in total. The molecule has 0 fully saturated rings. The summed E-state index contributed by atoms with van der Waals surface area (Å²) in [5.74, 6) is 0. The zero-order valence-corrected chi connectivity index (χ0v) is 7.31. The predicted molar refractivity (Wildman–Crippen MR) is 51.6 cm³/mol. The molecule has 0 saturated heterocycles. The first-order chi connectivity index (χ1) is 6.90. The van der Waals surface area contributed by atoms with Crippen LogP contribution in [0, 0.1) is 0 Å². The van der Waals surface area contributed by atoms with Crippen LogP contribution in [0.2, 0.25) is 0 Å². The minimum absolute atomic E-state index is 0.605. The van der Waals surface area contributed by atoms with Gasteiger partial charge in [0.1, 0.15) is 6.26 Å². The highest BCUT2D eigenvalue weighted by Crippen LogP contribution is 2.18. The van der Waals surface area contributed by atoms with E-state index in [1.165, 1.54) is 6.26 Å². The lowest BCUT2D eigenvalue weighted by Gasteiger charge is -2.04. The predicted octanol–water partition coefficient (Wildman–Crippen LogP) is 2.23. The third-order valence-electron chi connectivity index (χ3n) is 1.80. The molecule has 0 saturated carbocycles. The summed E-state index contributed by atoms with van der Waals surface area (Å²) < 4.78 is 4.66. The Balaban J connectivity index is 2.28. The number of aromatic nitrogens is 1. The standard InChI is InChI=1S/C10H8N2O2/c13-6-8-3-1-2-4-10(8)12-9-5-11-14-7-9/h1-7,12H. The largest absolute Gasteiger partial charge is 0.363 e. The van der Waals surface area contributed by atoms with Crippen LogP contribution in [0.1, 0.15) is 10.4 Å². The monoisotopic (exact) mass is 188 g/mol.